The molecule has 1 aromatic heterocycles. The Hall–Kier alpha value is -6.78. The summed E-state index contributed by atoms with van der Waals surface area (Å²) in [6, 6.07) is 15.1. The molecule has 0 saturated carbocycles. The van der Waals surface area contributed by atoms with Crippen molar-refractivity contribution in [3.8, 4) is 39.6 Å². The van der Waals surface area contributed by atoms with E-state index in [1.165, 1.54) is 0 Å². The molecule has 0 bridgehead atoms. The van der Waals surface area contributed by atoms with E-state index in [9.17, 15) is 57.1 Å². The van der Waals surface area contributed by atoms with Crippen molar-refractivity contribution in [1.82, 2.24) is 44.9 Å². The number of carboxylic acid groups (broad SMARTS) is 3. The van der Waals surface area contributed by atoms with Crippen LogP contribution in [0.3, 0.4) is 0 Å². The van der Waals surface area contributed by atoms with Gasteiger partial charge in [0.1, 0.15) is 29.9 Å². The lowest BCUT2D eigenvalue weighted by molar-refractivity contribution is -0.140. The number of aromatic nitrogens is 2. The van der Waals surface area contributed by atoms with E-state index >= 15 is 0 Å². The van der Waals surface area contributed by atoms with E-state index in [2.05, 4.69) is 16.0 Å². The van der Waals surface area contributed by atoms with Gasteiger partial charge in [-0.1, -0.05) is 35.3 Å². The molecule has 4 aromatic rings. The van der Waals surface area contributed by atoms with Gasteiger partial charge >= 0.3 is 17.9 Å². The Balaban J connectivity index is 0.806. The van der Waals surface area contributed by atoms with Gasteiger partial charge in [-0.3, -0.25) is 52.9 Å². The van der Waals surface area contributed by atoms with Crippen LogP contribution in [0.1, 0.15) is 29.9 Å². The quantitative estimate of drug-likeness (QED) is 0.0272. The number of hydrogen-bond donors (Lipinski definition) is 7. The van der Waals surface area contributed by atoms with Crippen LogP contribution in [0.5, 0.6) is 11.5 Å². The number of benzene rings is 3. The molecule has 29 nitrogen and oxygen atoms in total. The number of nitrogens with zero attached hydrogens (tertiary/aromatic N) is 7. The second-order valence-corrected chi connectivity index (χ2v) is 24.6. The minimum Gasteiger partial charge on any atom is -0.496 e. The van der Waals surface area contributed by atoms with Crippen molar-refractivity contribution in [3.63, 3.8) is 0 Å². The van der Waals surface area contributed by atoms with E-state index in [0.717, 1.165) is 16.8 Å². The van der Waals surface area contributed by atoms with Crippen LogP contribution in [0, 0.1) is 0 Å². The predicted octanol–water partition coefficient (Wildman–Crippen LogP) is 2.11. The number of hydrogen-bond acceptors (Lipinski definition) is 21. The summed E-state index contributed by atoms with van der Waals surface area (Å²) >= 11 is 13.0. The lowest BCUT2D eigenvalue weighted by atomic mass is 9.95. The first-order valence-corrected chi connectivity index (χ1v) is 31.9. The maximum Gasteiger partial charge on any atom is 0.317 e. The molecule has 7 rings (SSSR count). The fraction of sp³-hybridized carbons (Fsp3) is 0.542. The van der Waals surface area contributed by atoms with Crippen LogP contribution in [0.2, 0.25) is 10.0 Å². The smallest absolute Gasteiger partial charge is 0.317 e. The minimum absolute atomic E-state index is 0.00508. The van der Waals surface area contributed by atoms with E-state index in [0.29, 0.717) is 90.2 Å². The number of carbonyl (C=O) groups excluding carboxylic acids is 3. The molecule has 2 fully saturated rings. The number of ether oxygens (including phenoxy) is 7. The van der Waals surface area contributed by atoms with Crippen LogP contribution in [0.4, 0.5) is 5.69 Å². The van der Waals surface area contributed by atoms with Crippen molar-refractivity contribution in [2.24, 2.45) is 0 Å². The molecular weight excluding hydrogens is 1260 g/mol. The van der Waals surface area contributed by atoms with Crippen molar-refractivity contribution < 1.29 is 90.2 Å². The lowest BCUT2D eigenvalue weighted by Gasteiger charge is -2.41. The summed E-state index contributed by atoms with van der Waals surface area (Å²) in [5, 5.41) is 42.4. The van der Waals surface area contributed by atoms with E-state index in [1.54, 1.807) is 54.5 Å². The maximum absolute atomic E-state index is 14.4. The molecule has 3 aliphatic heterocycles. The maximum atomic E-state index is 14.4. The Morgan fingerprint density at radius 1 is 0.692 bits per heavy atom. The molecule has 3 amide bonds. The van der Waals surface area contributed by atoms with Crippen molar-refractivity contribution in [3.05, 3.63) is 75.9 Å². The molecule has 91 heavy (non-hydrogen) atoms. The molecule has 3 aromatic carbocycles. The monoisotopic (exact) mass is 1330 g/mol. The Kier molecular flexibility index (Phi) is 27.4. The minimum atomic E-state index is -4.77. The number of carbonyl (C=O) groups is 6. The molecule has 0 spiro atoms. The van der Waals surface area contributed by atoms with E-state index in [1.807, 2.05) is 50.2 Å². The van der Waals surface area contributed by atoms with E-state index < -0.39 is 63.7 Å². The number of fused-ring (bicyclic) bond motifs is 3. The summed E-state index contributed by atoms with van der Waals surface area (Å²) in [6.45, 7) is 7.10. The van der Waals surface area contributed by atoms with Crippen molar-refractivity contribution in [2.45, 2.75) is 32.0 Å². The topological polar surface area (TPSA) is 352 Å². The highest BCUT2D eigenvalue weighted by molar-refractivity contribution is 7.85. The van der Waals surface area contributed by atoms with Crippen LogP contribution in [-0.2, 0) is 64.4 Å². The Bertz CT molecular complexity index is 3220. The normalized spacial score (nSPS) is 16.5. The summed E-state index contributed by atoms with van der Waals surface area (Å²) in [7, 11) is -3.17. The van der Waals surface area contributed by atoms with Gasteiger partial charge in [0.05, 0.1) is 116 Å². The number of aliphatic carboxylic acids is 3. The van der Waals surface area contributed by atoms with Crippen LogP contribution in [-0.4, -0.2) is 287 Å². The van der Waals surface area contributed by atoms with E-state index in [4.69, 9.17) is 61.5 Å². The highest BCUT2D eigenvalue weighted by atomic mass is 35.5. The van der Waals surface area contributed by atoms with Gasteiger partial charge in [-0.15, -0.1) is 0 Å². The number of halogens is 2. The largest absolute Gasteiger partial charge is 0.496 e. The van der Waals surface area contributed by atoms with Crippen LogP contribution >= 0.6 is 23.2 Å². The summed E-state index contributed by atoms with van der Waals surface area (Å²) in [4.78, 5) is 83.7. The zero-order valence-corrected chi connectivity index (χ0v) is 53.4. The highest BCUT2D eigenvalue weighted by Crippen LogP contribution is 2.47. The summed E-state index contributed by atoms with van der Waals surface area (Å²) < 4.78 is 75.7. The number of amides is 3. The number of nitrogens with one attached hydrogen (secondary N) is 3. The average Bonchev–Trinajstić information content (AvgIpc) is 1.63. The Labute approximate surface area is 537 Å². The molecule has 0 unspecified atom stereocenters. The zero-order valence-electron chi connectivity index (χ0n) is 51.1. The third-order valence-electron chi connectivity index (χ3n) is 14.9. The van der Waals surface area contributed by atoms with Gasteiger partial charge in [0.15, 0.2) is 5.69 Å². The first-order chi connectivity index (χ1) is 43.5. The molecule has 2 saturated heterocycles. The number of carboxylic acids is 3. The second kappa shape index (κ2) is 34.8. The third-order valence-corrected chi connectivity index (χ3v) is 16.1. The fourth-order valence-corrected chi connectivity index (χ4v) is 11.6. The van der Waals surface area contributed by atoms with Gasteiger partial charge in [-0.2, -0.15) is 13.5 Å². The summed E-state index contributed by atoms with van der Waals surface area (Å²) in [5.74, 6) is -5.33. The van der Waals surface area contributed by atoms with Gasteiger partial charge < -0.3 is 69.3 Å². The second-order valence-electron chi connectivity index (χ2n) is 22.3. The Morgan fingerprint density at radius 2 is 1.23 bits per heavy atom. The van der Waals surface area contributed by atoms with Crippen LogP contribution in [0.25, 0.3) is 28.1 Å². The molecular formula is C59H80Cl2N10O19S. The third kappa shape index (κ3) is 22.5. The molecule has 4 heterocycles. The van der Waals surface area contributed by atoms with Gasteiger partial charge in [0.25, 0.3) is 16.0 Å². The SMILES string of the molecule is COc1cc2c(cc1-c1cccc(NCCOCCOCCOCCOCCNC(=O)[C@@H](CS(=O)(=O)O)NC(=O)CN3CCN(CC(=O)O)CCN(CC(=O)O)CCN(CC(=O)O)CC3)c1)-c1c(c(C(=O)N3CCOCC3(C)C)nn1-c1cc(Cl)cc(Cl)c1)CO2. The van der Waals surface area contributed by atoms with Gasteiger partial charge in [-0.05, 0) is 55.8 Å². The lowest BCUT2D eigenvalue weighted by Crippen LogP contribution is -2.55. The van der Waals surface area contributed by atoms with Crippen LogP contribution < -0.4 is 25.4 Å². The molecule has 3 aliphatic rings. The van der Waals surface area contributed by atoms with Crippen molar-refractivity contribution in [2.75, 3.05) is 182 Å². The predicted molar refractivity (Wildman–Crippen MR) is 333 cm³/mol. The Morgan fingerprint density at radius 3 is 1.76 bits per heavy atom. The number of anilines is 1. The molecule has 500 valence electrons. The number of methoxy groups -OCH3 is 1. The fourth-order valence-electron chi connectivity index (χ4n) is 10.5. The first-order valence-electron chi connectivity index (χ1n) is 29.5. The molecule has 32 heteroatoms. The summed E-state index contributed by atoms with van der Waals surface area (Å²) in [6.07, 6.45) is 0. The molecule has 0 aliphatic carbocycles. The standard InChI is InChI=1S/C59H80Cl2N10O19S/c1-59(2)39-89-20-17-70(59)58(80)55-47-37-90-50-32-49(84-3)45(31-46(50)56(47)71(65-55)44-29-41(60)28-42(61)30-44)40-5-4-6-43(27-40)62-7-18-85-21-23-87-25-26-88-24-22-86-19-8-63-57(79)48(38-91(81,82)83)64-51(72)33-66-9-11-67(34-52(73)74)13-15-69(36-54(77)78)16-14-68(12-10-66)35-53(75)76/h4-6,27-32,48,62H,7-26,33-39H2,1-3H3,(H,63,79)(H,64,72)(H,73,74)(H,75,76)(H,77,78)(H,81,82,83)/t48-/m1/s1. The number of rotatable bonds is 32. The number of morpholine rings is 1. The highest BCUT2D eigenvalue weighted by Gasteiger charge is 2.40. The van der Waals surface area contributed by atoms with E-state index in [-0.39, 0.29) is 130 Å². The zero-order chi connectivity index (χ0) is 65.7. The molecule has 7 N–H and O–H groups in total. The van der Waals surface area contributed by atoms with Crippen molar-refractivity contribution >= 4 is 74.6 Å². The van der Waals surface area contributed by atoms with Gasteiger partial charge in [0, 0.05) is 110 Å². The average molecular weight is 1340 g/mol. The van der Waals surface area contributed by atoms with Gasteiger partial charge in [-0.25, -0.2) is 4.68 Å². The first kappa shape index (κ1) is 71.7. The van der Waals surface area contributed by atoms with Crippen LogP contribution in [0.15, 0.2) is 54.6 Å². The van der Waals surface area contributed by atoms with Gasteiger partial charge in [0.2, 0.25) is 11.8 Å². The molecule has 0 radical (unpaired) electrons. The summed E-state index contributed by atoms with van der Waals surface area (Å²) in [5.41, 5.74) is 4.69. The van der Waals surface area contributed by atoms with Crippen molar-refractivity contribution in [1.29, 1.82) is 0 Å². The molecule has 1 atom stereocenters.